The second-order valence-corrected chi connectivity index (χ2v) is 6.26. The minimum Gasteiger partial charge on any atom is -0.461 e. The van der Waals surface area contributed by atoms with Crippen molar-refractivity contribution in [1.82, 2.24) is 24.9 Å². The second-order valence-electron chi connectivity index (χ2n) is 6.26. The molecule has 0 radical (unpaired) electrons. The SMILES string of the molecule is CC(c1cccnc1)N1CCN(Cc2nc(-c3ccco3)no2)CC1. The molecule has 4 heterocycles. The van der Waals surface area contributed by atoms with E-state index in [-0.39, 0.29) is 0 Å². The van der Waals surface area contributed by atoms with Gasteiger partial charge in [0.1, 0.15) is 0 Å². The quantitative estimate of drug-likeness (QED) is 0.707. The van der Waals surface area contributed by atoms with Gasteiger partial charge in [0, 0.05) is 44.6 Å². The topological polar surface area (TPSA) is 71.4 Å². The average molecular weight is 339 g/mol. The lowest BCUT2D eigenvalue weighted by atomic mass is 10.1. The fourth-order valence-electron chi connectivity index (χ4n) is 3.16. The van der Waals surface area contributed by atoms with Crippen LogP contribution in [0.1, 0.15) is 24.4 Å². The first-order valence-electron chi connectivity index (χ1n) is 8.52. The summed E-state index contributed by atoms with van der Waals surface area (Å²) in [6.07, 6.45) is 5.37. The maximum atomic E-state index is 5.35. The summed E-state index contributed by atoms with van der Waals surface area (Å²) in [5, 5.41) is 3.98. The highest BCUT2D eigenvalue weighted by Gasteiger charge is 2.23. The van der Waals surface area contributed by atoms with Crippen molar-refractivity contribution in [2.24, 2.45) is 0 Å². The number of hydrogen-bond donors (Lipinski definition) is 0. The second kappa shape index (κ2) is 7.16. The fraction of sp³-hybridized carbons (Fsp3) is 0.389. The van der Waals surface area contributed by atoms with Gasteiger partial charge in [-0.05, 0) is 30.7 Å². The number of hydrogen-bond acceptors (Lipinski definition) is 7. The lowest BCUT2D eigenvalue weighted by Gasteiger charge is -2.37. The summed E-state index contributed by atoms with van der Waals surface area (Å²) in [6.45, 7) is 6.87. The molecule has 3 aromatic rings. The summed E-state index contributed by atoms with van der Waals surface area (Å²) in [5.74, 6) is 1.76. The zero-order chi connectivity index (χ0) is 17.1. The predicted octanol–water partition coefficient (Wildman–Crippen LogP) is 2.60. The van der Waals surface area contributed by atoms with Crippen LogP contribution in [0.15, 0.2) is 51.9 Å². The highest BCUT2D eigenvalue weighted by Crippen LogP contribution is 2.21. The molecule has 130 valence electrons. The number of furan rings is 1. The predicted molar refractivity (Wildman–Crippen MR) is 91.5 cm³/mol. The minimum atomic E-state index is 0.379. The highest BCUT2D eigenvalue weighted by molar-refractivity contribution is 5.44. The number of nitrogens with zero attached hydrogens (tertiary/aromatic N) is 5. The summed E-state index contributed by atoms with van der Waals surface area (Å²) < 4.78 is 10.6. The summed E-state index contributed by atoms with van der Waals surface area (Å²) in [4.78, 5) is 13.5. The van der Waals surface area contributed by atoms with Gasteiger partial charge < -0.3 is 8.94 Å². The number of piperazine rings is 1. The van der Waals surface area contributed by atoms with Gasteiger partial charge in [0.25, 0.3) is 0 Å². The van der Waals surface area contributed by atoms with Gasteiger partial charge in [-0.15, -0.1) is 0 Å². The first kappa shape index (κ1) is 16.0. The molecule has 0 N–H and O–H groups in total. The summed E-state index contributed by atoms with van der Waals surface area (Å²) in [7, 11) is 0. The zero-order valence-electron chi connectivity index (χ0n) is 14.2. The van der Waals surface area contributed by atoms with E-state index in [2.05, 4.69) is 37.9 Å². The van der Waals surface area contributed by atoms with E-state index in [1.165, 1.54) is 5.56 Å². The van der Waals surface area contributed by atoms with Crippen molar-refractivity contribution >= 4 is 0 Å². The molecule has 0 amide bonds. The van der Waals surface area contributed by atoms with Gasteiger partial charge in [-0.25, -0.2) is 0 Å². The van der Waals surface area contributed by atoms with E-state index in [0.717, 1.165) is 26.2 Å². The Morgan fingerprint density at radius 3 is 2.76 bits per heavy atom. The monoisotopic (exact) mass is 339 g/mol. The Kier molecular flexibility index (Phi) is 4.58. The van der Waals surface area contributed by atoms with Gasteiger partial charge in [-0.2, -0.15) is 4.98 Å². The third-order valence-corrected chi connectivity index (χ3v) is 4.69. The third kappa shape index (κ3) is 3.62. The van der Waals surface area contributed by atoms with Gasteiger partial charge in [0.2, 0.25) is 11.7 Å². The van der Waals surface area contributed by atoms with Crippen molar-refractivity contribution < 1.29 is 8.94 Å². The maximum Gasteiger partial charge on any atom is 0.241 e. The molecule has 7 nitrogen and oxygen atoms in total. The van der Waals surface area contributed by atoms with Crippen LogP contribution in [0.25, 0.3) is 11.6 Å². The van der Waals surface area contributed by atoms with E-state index in [0.29, 0.717) is 30.1 Å². The maximum absolute atomic E-state index is 5.35. The lowest BCUT2D eigenvalue weighted by molar-refractivity contribution is 0.0904. The Morgan fingerprint density at radius 1 is 1.16 bits per heavy atom. The molecule has 0 aliphatic carbocycles. The van der Waals surface area contributed by atoms with Gasteiger partial charge in [0.05, 0.1) is 12.8 Å². The molecule has 1 atom stereocenters. The van der Waals surface area contributed by atoms with E-state index in [9.17, 15) is 0 Å². The Balaban J connectivity index is 1.32. The van der Waals surface area contributed by atoms with Crippen LogP contribution in [0.3, 0.4) is 0 Å². The molecule has 4 rings (SSSR count). The van der Waals surface area contributed by atoms with Crippen molar-refractivity contribution in [2.45, 2.75) is 19.5 Å². The van der Waals surface area contributed by atoms with Gasteiger partial charge in [-0.1, -0.05) is 11.2 Å². The van der Waals surface area contributed by atoms with Crippen LogP contribution in [0.4, 0.5) is 0 Å². The molecule has 1 fully saturated rings. The molecule has 0 bridgehead atoms. The lowest BCUT2D eigenvalue weighted by Crippen LogP contribution is -2.46. The molecule has 3 aromatic heterocycles. The molecular weight excluding hydrogens is 318 g/mol. The molecule has 1 unspecified atom stereocenters. The molecule has 1 aliphatic rings. The van der Waals surface area contributed by atoms with Crippen LogP contribution >= 0.6 is 0 Å². The molecule has 0 saturated carbocycles. The smallest absolute Gasteiger partial charge is 0.241 e. The van der Waals surface area contributed by atoms with Gasteiger partial charge >= 0.3 is 0 Å². The Morgan fingerprint density at radius 2 is 2.04 bits per heavy atom. The summed E-state index contributed by atoms with van der Waals surface area (Å²) in [6, 6.07) is 8.15. The van der Waals surface area contributed by atoms with Crippen molar-refractivity contribution in [2.75, 3.05) is 26.2 Å². The van der Waals surface area contributed by atoms with Gasteiger partial charge in [0.15, 0.2) is 5.76 Å². The Hall–Kier alpha value is -2.51. The molecule has 0 aromatic carbocycles. The highest BCUT2D eigenvalue weighted by atomic mass is 16.5. The van der Waals surface area contributed by atoms with Gasteiger partial charge in [-0.3, -0.25) is 14.8 Å². The fourth-order valence-corrected chi connectivity index (χ4v) is 3.16. The van der Waals surface area contributed by atoms with E-state index >= 15 is 0 Å². The van der Waals surface area contributed by atoms with Crippen molar-refractivity contribution in [1.29, 1.82) is 0 Å². The van der Waals surface area contributed by atoms with E-state index in [1.807, 2.05) is 30.6 Å². The minimum absolute atomic E-state index is 0.379. The van der Waals surface area contributed by atoms with Crippen LogP contribution in [0.2, 0.25) is 0 Å². The number of pyridine rings is 1. The number of rotatable bonds is 5. The average Bonchev–Trinajstić information content (AvgIpc) is 3.34. The summed E-state index contributed by atoms with van der Waals surface area (Å²) >= 11 is 0. The molecule has 25 heavy (non-hydrogen) atoms. The van der Waals surface area contributed by atoms with Crippen molar-refractivity contribution in [3.63, 3.8) is 0 Å². The third-order valence-electron chi connectivity index (χ3n) is 4.69. The van der Waals surface area contributed by atoms with Crippen molar-refractivity contribution in [3.05, 3.63) is 54.4 Å². The van der Waals surface area contributed by atoms with Crippen LogP contribution in [-0.4, -0.2) is 51.1 Å². The van der Waals surface area contributed by atoms with Crippen LogP contribution in [0, 0.1) is 0 Å². The zero-order valence-corrected chi connectivity index (χ0v) is 14.2. The first-order valence-corrected chi connectivity index (χ1v) is 8.52. The van der Waals surface area contributed by atoms with E-state index in [4.69, 9.17) is 8.94 Å². The molecule has 1 saturated heterocycles. The van der Waals surface area contributed by atoms with E-state index < -0.39 is 0 Å². The van der Waals surface area contributed by atoms with Crippen molar-refractivity contribution in [3.8, 4) is 11.6 Å². The largest absolute Gasteiger partial charge is 0.461 e. The molecular formula is C18H21N5O2. The number of aromatic nitrogens is 3. The first-order chi connectivity index (χ1) is 12.3. The van der Waals surface area contributed by atoms with E-state index in [1.54, 1.807) is 6.26 Å². The Bertz CT molecular complexity index is 779. The van der Waals surface area contributed by atoms with Crippen LogP contribution in [0.5, 0.6) is 0 Å². The Labute approximate surface area is 146 Å². The molecule has 1 aliphatic heterocycles. The molecule has 0 spiro atoms. The standard InChI is InChI=1S/C18H21N5O2/c1-14(15-4-2-6-19-12-15)23-9-7-22(8-10-23)13-17-20-18(21-25-17)16-5-3-11-24-16/h2-6,11-12,14H,7-10,13H2,1H3. The molecule has 7 heteroatoms. The van der Waals surface area contributed by atoms with Crippen LogP contribution in [-0.2, 0) is 6.54 Å². The van der Waals surface area contributed by atoms with Crippen LogP contribution < -0.4 is 0 Å². The summed E-state index contributed by atoms with van der Waals surface area (Å²) in [5.41, 5.74) is 1.26. The normalized spacial score (nSPS) is 17.6.